The summed E-state index contributed by atoms with van der Waals surface area (Å²) in [6.07, 6.45) is 0. The summed E-state index contributed by atoms with van der Waals surface area (Å²) in [6, 6.07) is 48.9. The number of rotatable bonds is 3. The summed E-state index contributed by atoms with van der Waals surface area (Å²) in [5.41, 5.74) is 2.95. The highest BCUT2D eigenvalue weighted by molar-refractivity contribution is 7.27. The molecule has 2 heterocycles. The molecule has 0 fully saturated rings. The van der Waals surface area contributed by atoms with E-state index in [0.29, 0.717) is 17.5 Å². The fraction of sp³-hybridized carbons (Fsp3) is 0. The van der Waals surface area contributed by atoms with Crippen LogP contribution in [0.2, 0.25) is 0 Å². The highest BCUT2D eigenvalue weighted by atomic mass is 32.1. The molecule has 2 aromatic heterocycles. The van der Waals surface area contributed by atoms with E-state index in [2.05, 4.69) is 103 Å². The van der Waals surface area contributed by atoms with Crippen LogP contribution in [-0.2, 0) is 0 Å². The first-order valence-corrected chi connectivity index (χ1v) is 15.2. The standard InChI is InChI=1S/C39H23N3S/c1-3-13-24(14-4-1)37-40-38(25-15-5-2-6-16-25)42-39(41-37)32-23-31-28-19-8-7-17-26(28)27-18-9-10-20-29(27)34(31)36-35(32)30-21-11-12-22-33(30)43-36/h1-23H. The second kappa shape index (κ2) is 9.55. The third-order valence-corrected chi connectivity index (χ3v) is 9.48. The molecule has 9 aromatic rings. The number of hydrogen-bond donors (Lipinski definition) is 0. The molecule has 0 aliphatic heterocycles. The van der Waals surface area contributed by atoms with Crippen molar-refractivity contribution in [1.82, 2.24) is 15.0 Å². The molecule has 0 atom stereocenters. The van der Waals surface area contributed by atoms with E-state index in [1.165, 1.54) is 52.5 Å². The van der Waals surface area contributed by atoms with E-state index >= 15 is 0 Å². The Bertz CT molecular complexity index is 2440. The third-order valence-electron chi connectivity index (χ3n) is 8.29. The number of fused-ring (bicyclic) bond motifs is 10. The smallest absolute Gasteiger partial charge is 0.164 e. The molecule has 0 amide bonds. The summed E-state index contributed by atoms with van der Waals surface area (Å²) < 4.78 is 2.52. The van der Waals surface area contributed by atoms with Gasteiger partial charge in [0.25, 0.3) is 0 Å². The van der Waals surface area contributed by atoms with Gasteiger partial charge in [0.05, 0.1) is 0 Å². The summed E-state index contributed by atoms with van der Waals surface area (Å²) in [6.45, 7) is 0. The normalized spacial score (nSPS) is 11.7. The second-order valence-corrected chi connectivity index (χ2v) is 11.8. The Balaban J connectivity index is 1.48. The minimum absolute atomic E-state index is 0.667. The summed E-state index contributed by atoms with van der Waals surface area (Å²) in [5, 5.41) is 9.94. The minimum atomic E-state index is 0.667. The first-order chi connectivity index (χ1) is 21.3. The van der Waals surface area contributed by atoms with E-state index in [4.69, 9.17) is 15.0 Å². The van der Waals surface area contributed by atoms with Crippen LogP contribution in [0.3, 0.4) is 0 Å². The molecule has 4 heteroatoms. The van der Waals surface area contributed by atoms with Gasteiger partial charge in [0.1, 0.15) is 0 Å². The van der Waals surface area contributed by atoms with Crippen molar-refractivity contribution in [3.05, 3.63) is 140 Å². The lowest BCUT2D eigenvalue weighted by atomic mass is 9.91. The summed E-state index contributed by atoms with van der Waals surface area (Å²) in [4.78, 5) is 15.3. The van der Waals surface area contributed by atoms with Crippen molar-refractivity contribution < 1.29 is 0 Å². The van der Waals surface area contributed by atoms with Gasteiger partial charge >= 0.3 is 0 Å². The molecule has 0 saturated heterocycles. The van der Waals surface area contributed by atoms with Crippen molar-refractivity contribution in [2.45, 2.75) is 0 Å². The van der Waals surface area contributed by atoms with Crippen molar-refractivity contribution in [2.24, 2.45) is 0 Å². The van der Waals surface area contributed by atoms with Gasteiger partial charge in [0.15, 0.2) is 17.5 Å². The van der Waals surface area contributed by atoms with Crippen LogP contribution in [0.5, 0.6) is 0 Å². The van der Waals surface area contributed by atoms with Gasteiger partial charge in [-0.3, -0.25) is 0 Å². The summed E-state index contributed by atoms with van der Waals surface area (Å²) in [5.74, 6) is 2.02. The van der Waals surface area contributed by atoms with Crippen LogP contribution in [-0.4, -0.2) is 15.0 Å². The van der Waals surface area contributed by atoms with Crippen LogP contribution < -0.4 is 0 Å². The van der Waals surface area contributed by atoms with Gasteiger partial charge in [-0.1, -0.05) is 127 Å². The first-order valence-electron chi connectivity index (χ1n) is 14.4. The van der Waals surface area contributed by atoms with Crippen molar-refractivity contribution in [2.75, 3.05) is 0 Å². The molecule has 7 aromatic carbocycles. The van der Waals surface area contributed by atoms with Crippen LogP contribution in [0, 0.1) is 0 Å². The van der Waals surface area contributed by atoms with Crippen molar-refractivity contribution >= 4 is 63.8 Å². The Labute approximate surface area is 251 Å². The Kier molecular flexibility index (Phi) is 5.37. The van der Waals surface area contributed by atoms with Gasteiger partial charge in [-0.25, -0.2) is 15.0 Å². The molecule has 9 rings (SSSR count). The van der Waals surface area contributed by atoms with E-state index in [1.54, 1.807) is 0 Å². The minimum Gasteiger partial charge on any atom is -0.208 e. The third kappa shape index (κ3) is 3.77. The monoisotopic (exact) mass is 565 g/mol. The lowest BCUT2D eigenvalue weighted by molar-refractivity contribution is 1.08. The second-order valence-electron chi connectivity index (χ2n) is 10.8. The molecule has 200 valence electrons. The average molecular weight is 566 g/mol. The van der Waals surface area contributed by atoms with Gasteiger partial charge in [-0.15, -0.1) is 11.3 Å². The van der Waals surface area contributed by atoms with Gasteiger partial charge in [0.2, 0.25) is 0 Å². The Hall–Kier alpha value is -5.45. The molecule has 0 N–H and O–H groups in total. The molecule has 0 unspecified atom stereocenters. The molecule has 3 nitrogen and oxygen atoms in total. The van der Waals surface area contributed by atoms with E-state index < -0.39 is 0 Å². The summed E-state index contributed by atoms with van der Waals surface area (Å²) >= 11 is 1.85. The number of thiophene rings is 1. The van der Waals surface area contributed by atoms with Crippen LogP contribution in [0.1, 0.15) is 0 Å². The number of hydrogen-bond acceptors (Lipinski definition) is 4. The van der Waals surface area contributed by atoms with Crippen molar-refractivity contribution in [1.29, 1.82) is 0 Å². The molecule has 0 saturated carbocycles. The van der Waals surface area contributed by atoms with Crippen molar-refractivity contribution in [3.8, 4) is 34.2 Å². The quantitative estimate of drug-likeness (QED) is 0.200. The SMILES string of the molecule is c1ccc(-c2nc(-c3ccccc3)nc(-c3cc4c5ccccc5c5ccccc5c4c4sc5ccccc5c34)n2)cc1. The van der Waals surface area contributed by atoms with Gasteiger partial charge in [0, 0.05) is 42.2 Å². The fourth-order valence-electron chi connectivity index (χ4n) is 6.37. The lowest BCUT2D eigenvalue weighted by Gasteiger charge is -2.14. The predicted octanol–water partition coefficient (Wildman–Crippen LogP) is 10.7. The van der Waals surface area contributed by atoms with E-state index in [9.17, 15) is 0 Å². The van der Waals surface area contributed by atoms with Crippen LogP contribution in [0.15, 0.2) is 140 Å². The Morgan fingerprint density at radius 2 is 0.837 bits per heavy atom. The van der Waals surface area contributed by atoms with E-state index in [0.717, 1.165) is 16.7 Å². The molecule has 0 aliphatic carbocycles. The Morgan fingerprint density at radius 3 is 1.47 bits per heavy atom. The van der Waals surface area contributed by atoms with Gasteiger partial charge < -0.3 is 0 Å². The highest BCUT2D eigenvalue weighted by Gasteiger charge is 2.21. The largest absolute Gasteiger partial charge is 0.208 e. The molecule has 0 aliphatic rings. The molecule has 0 spiro atoms. The molecule has 43 heavy (non-hydrogen) atoms. The zero-order chi connectivity index (χ0) is 28.3. The maximum atomic E-state index is 5.17. The maximum absolute atomic E-state index is 5.17. The summed E-state index contributed by atoms with van der Waals surface area (Å²) in [7, 11) is 0. The van der Waals surface area contributed by atoms with Crippen LogP contribution in [0.4, 0.5) is 0 Å². The van der Waals surface area contributed by atoms with Crippen LogP contribution in [0.25, 0.3) is 86.7 Å². The van der Waals surface area contributed by atoms with Crippen LogP contribution >= 0.6 is 11.3 Å². The highest BCUT2D eigenvalue weighted by Crippen LogP contribution is 2.48. The first kappa shape index (κ1) is 24.2. The van der Waals surface area contributed by atoms with Gasteiger partial charge in [-0.2, -0.15) is 0 Å². The Morgan fingerprint density at radius 1 is 0.372 bits per heavy atom. The molecule has 0 bridgehead atoms. The number of aromatic nitrogens is 3. The maximum Gasteiger partial charge on any atom is 0.164 e. The zero-order valence-electron chi connectivity index (χ0n) is 23.0. The predicted molar refractivity (Wildman–Crippen MR) is 182 cm³/mol. The zero-order valence-corrected chi connectivity index (χ0v) is 23.8. The number of nitrogens with zero attached hydrogens (tertiary/aromatic N) is 3. The fourth-order valence-corrected chi connectivity index (χ4v) is 7.66. The topological polar surface area (TPSA) is 38.7 Å². The molecule has 0 radical (unpaired) electrons. The molecular weight excluding hydrogens is 543 g/mol. The van der Waals surface area contributed by atoms with E-state index in [-0.39, 0.29) is 0 Å². The van der Waals surface area contributed by atoms with E-state index in [1.807, 2.05) is 47.7 Å². The lowest BCUT2D eigenvalue weighted by Crippen LogP contribution is -2.00. The van der Waals surface area contributed by atoms with Gasteiger partial charge in [-0.05, 0) is 39.1 Å². The molecular formula is C39H23N3S. The van der Waals surface area contributed by atoms with Crippen molar-refractivity contribution in [3.63, 3.8) is 0 Å². The number of benzene rings is 7. The average Bonchev–Trinajstić information content (AvgIpc) is 3.48.